The molecule has 0 atom stereocenters. The van der Waals surface area contributed by atoms with Crippen LogP contribution in [0.3, 0.4) is 0 Å². The van der Waals surface area contributed by atoms with E-state index in [0.717, 1.165) is 6.54 Å². The van der Waals surface area contributed by atoms with E-state index in [1.165, 1.54) is 4.31 Å². The highest BCUT2D eigenvalue weighted by atomic mass is 32.2. The summed E-state index contributed by atoms with van der Waals surface area (Å²) in [5.74, 6) is 0.239. The molecule has 106 valence electrons. The van der Waals surface area contributed by atoms with Gasteiger partial charge in [-0.2, -0.15) is 4.31 Å². The second-order valence-corrected chi connectivity index (χ2v) is 6.46. The predicted molar refractivity (Wildman–Crippen MR) is 70.8 cm³/mol. The Balaban J connectivity index is 2.43. The molecule has 0 unspecified atom stereocenters. The maximum Gasteiger partial charge on any atom is 0.236 e. The molecule has 6 nitrogen and oxygen atoms in total. The van der Waals surface area contributed by atoms with E-state index in [0.29, 0.717) is 39.1 Å². The van der Waals surface area contributed by atoms with E-state index in [9.17, 15) is 13.2 Å². The van der Waals surface area contributed by atoms with E-state index in [1.54, 1.807) is 4.90 Å². The SMILES string of the molecule is CCCS(=O)(=O)N1CCN(C(=O)CNCC)CC1. The number of amides is 1. The minimum absolute atomic E-state index is 0.0457. The molecular weight excluding hydrogens is 254 g/mol. The standard InChI is InChI=1S/C11H23N3O3S/c1-3-9-18(16,17)14-7-5-13(6-8-14)11(15)10-12-4-2/h12H,3-10H2,1-2H3. The molecule has 0 spiro atoms. The fraction of sp³-hybridized carbons (Fsp3) is 0.909. The molecule has 1 fully saturated rings. The summed E-state index contributed by atoms with van der Waals surface area (Å²) in [6.45, 7) is 6.71. The van der Waals surface area contributed by atoms with Gasteiger partial charge in [0.2, 0.25) is 15.9 Å². The van der Waals surface area contributed by atoms with Crippen LogP contribution in [0.1, 0.15) is 20.3 Å². The van der Waals surface area contributed by atoms with Gasteiger partial charge in [-0.25, -0.2) is 8.42 Å². The van der Waals surface area contributed by atoms with E-state index in [4.69, 9.17) is 0 Å². The van der Waals surface area contributed by atoms with E-state index in [2.05, 4.69) is 5.32 Å². The lowest BCUT2D eigenvalue weighted by Crippen LogP contribution is -2.52. The second-order valence-electron chi connectivity index (χ2n) is 4.38. The van der Waals surface area contributed by atoms with Crippen LogP contribution >= 0.6 is 0 Å². The third-order valence-corrected chi connectivity index (χ3v) is 5.05. The van der Waals surface area contributed by atoms with Crippen LogP contribution in [0.5, 0.6) is 0 Å². The number of hydrogen-bond acceptors (Lipinski definition) is 4. The lowest BCUT2D eigenvalue weighted by molar-refractivity contribution is -0.131. The molecule has 1 N–H and O–H groups in total. The molecule has 0 aromatic rings. The third kappa shape index (κ3) is 4.22. The molecule has 1 aliphatic heterocycles. The molecule has 0 radical (unpaired) electrons. The van der Waals surface area contributed by atoms with Crippen molar-refractivity contribution in [3.05, 3.63) is 0 Å². The zero-order valence-corrected chi connectivity index (χ0v) is 12.0. The Morgan fingerprint density at radius 2 is 1.78 bits per heavy atom. The van der Waals surface area contributed by atoms with Crippen LogP contribution in [0.15, 0.2) is 0 Å². The number of likely N-dealkylation sites (N-methyl/N-ethyl adjacent to an activating group) is 1. The molecule has 1 heterocycles. The Morgan fingerprint density at radius 1 is 1.17 bits per heavy atom. The van der Waals surface area contributed by atoms with Crippen LogP contribution in [0.25, 0.3) is 0 Å². The fourth-order valence-corrected chi connectivity index (χ4v) is 3.44. The summed E-state index contributed by atoms with van der Waals surface area (Å²) in [5.41, 5.74) is 0. The zero-order chi connectivity index (χ0) is 13.6. The molecule has 1 rings (SSSR count). The van der Waals surface area contributed by atoms with Crippen molar-refractivity contribution in [2.45, 2.75) is 20.3 Å². The van der Waals surface area contributed by atoms with Crippen LogP contribution in [-0.4, -0.2) is 68.6 Å². The molecule has 1 aliphatic rings. The van der Waals surface area contributed by atoms with Crippen LogP contribution in [0.4, 0.5) is 0 Å². The van der Waals surface area contributed by atoms with E-state index in [1.807, 2.05) is 13.8 Å². The Kier molecular flexibility index (Phi) is 6.04. The van der Waals surface area contributed by atoms with Gasteiger partial charge in [0.25, 0.3) is 0 Å². The largest absolute Gasteiger partial charge is 0.339 e. The molecule has 0 bridgehead atoms. The highest BCUT2D eigenvalue weighted by Gasteiger charge is 2.27. The molecule has 0 aromatic heterocycles. The van der Waals surface area contributed by atoms with Gasteiger partial charge in [0, 0.05) is 26.2 Å². The Hall–Kier alpha value is -0.660. The van der Waals surface area contributed by atoms with Gasteiger partial charge in [-0.3, -0.25) is 4.79 Å². The van der Waals surface area contributed by atoms with Gasteiger partial charge < -0.3 is 10.2 Å². The van der Waals surface area contributed by atoms with E-state index in [-0.39, 0.29) is 11.7 Å². The Labute approximate surface area is 109 Å². The van der Waals surface area contributed by atoms with Gasteiger partial charge in [0.15, 0.2) is 0 Å². The highest BCUT2D eigenvalue weighted by Crippen LogP contribution is 2.09. The van der Waals surface area contributed by atoms with Gasteiger partial charge in [0.1, 0.15) is 0 Å². The summed E-state index contributed by atoms with van der Waals surface area (Å²) in [4.78, 5) is 13.5. The minimum Gasteiger partial charge on any atom is -0.339 e. The summed E-state index contributed by atoms with van der Waals surface area (Å²) in [6.07, 6.45) is 0.627. The molecule has 7 heteroatoms. The molecule has 0 aliphatic carbocycles. The first-order valence-corrected chi connectivity index (χ1v) is 8.08. The van der Waals surface area contributed by atoms with Crippen LogP contribution < -0.4 is 5.32 Å². The third-order valence-electron chi connectivity index (χ3n) is 2.97. The van der Waals surface area contributed by atoms with Crippen molar-refractivity contribution in [2.24, 2.45) is 0 Å². The van der Waals surface area contributed by atoms with Gasteiger partial charge in [-0.1, -0.05) is 13.8 Å². The summed E-state index contributed by atoms with van der Waals surface area (Å²) in [6, 6.07) is 0. The molecular formula is C11H23N3O3S. The average molecular weight is 277 g/mol. The summed E-state index contributed by atoms with van der Waals surface area (Å²) < 4.78 is 25.2. The highest BCUT2D eigenvalue weighted by molar-refractivity contribution is 7.89. The van der Waals surface area contributed by atoms with Crippen LogP contribution in [-0.2, 0) is 14.8 Å². The van der Waals surface area contributed by atoms with Crippen molar-refractivity contribution in [1.29, 1.82) is 0 Å². The minimum atomic E-state index is -3.12. The summed E-state index contributed by atoms with van der Waals surface area (Å²) in [7, 11) is -3.12. The Morgan fingerprint density at radius 3 is 2.28 bits per heavy atom. The van der Waals surface area contributed by atoms with Crippen molar-refractivity contribution in [3.63, 3.8) is 0 Å². The fourth-order valence-electron chi connectivity index (χ4n) is 1.95. The predicted octanol–water partition coefficient (Wildman–Crippen LogP) is -0.520. The first kappa shape index (κ1) is 15.4. The number of carbonyl (C=O) groups excluding carboxylic acids is 1. The first-order chi connectivity index (χ1) is 8.51. The van der Waals surface area contributed by atoms with Gasteiger partial charge in [-0.15, -0.1) is 0 Å². The number of hydrogen-bond donors (Lipinski definition) is 1. The monoisotopic (exact) mass is 277 g/mol. The maximum absolute atomic E-state index is 11.8. The summed E-state index contributed by atoms with van der Waals surface area (Å²) >= 11 is 0. The molecule has 0 aromatic carbocycles. The quantitative estimate of drug-likeness (QED) is 0.709. The summed E-state index contributed by atoms with van der Waals surface area (Å²) in [5, 5.41) is 2.98. The maximum atomic E-state index is 11.8. The first-order valence-electron chi connectivity index (χ1n) is 6.47. The zero-order valence-electron chi connectivity index (χ0n) is 11.2. The smallest absolute Gasteiger partial charge is 0.236 e. The number of rotatable bonds is 6. The van der Waals surface area contributed by atoms with Crippen molar-refractivity contribution >= 4 is 15.9 Å². The lowest BCUT2D eigenvalue weighted by Gasteiger charge is -2.34. The van der Waals surface area contributed by atoms with E-state index < -0.39 is 10.0 Å². The number of nitrogens with zero attached hydrogens (tertiary/aromatic N) is 2. The van der Waals surface area contributed by atoms with Gasteiger partial charge in [-0.05, 0) is 13.0 Å². The van der Waals surface area contributed by atoms with Crippen molar-refractivity contribution < 1.29 is 13.2 Å². The van der Waals surface area contributed by atoms with Gasteiger partial charge in [0.05, 0.1) is 12.3 Å². The number of piperazine rings is 1. The van der Waals surface area contributed by atoms with E-state index >= 15 is 0 Å². The normalized spacial score (nSPS) is 18.0. The van der Waals surface area contributed by atoms with Crippen molar-refractivity contribution in [1.82, 2.24) is 14.5 Å². The molecule has 1 amide bonds. The van der Waals surface area contributed by atoms with Crippen molar-refractivity contribution in [3.8, 4) is 0 Å². The van der Waals surface area contributed by atoms with Gasteiger partial charge >= 0.3 is 0 Å². The van der Waals surface area contributed by atoms with Crippen LogP contribution in [0.2, 0.25) is 0 Å². The molecule has 1 saturated heterocycles. The topological polar surface area (TPSA) is 69.7 Å². The van der Waals surface area contributed by atoms with Crippen LogP contribution in [0, 0.1) is 0 Å². The number of carbonyl (C=O) groups is 1. The lowest BCUT2D eigenvalue weighted by atomic mass is 10.3. The molecule has 0 saturated carbocycles. The van der Waals surface area contributed by atoms with Crippen molar-refractivity contribution in [2.75, 3.05) is 45.0 Å². The number of nitrogens with one attached hydrogen (secondary N) is 1. The molecule has 18 heavy (non-hydrogen) atoms. The number of sulfonamides is 1. The average Bonchev–Trinajstić information content (AvgIpc) is 2.36. The second kappa shape index (κ2) is 7.06. The Bertz CT molecular complexity index is 362.